The summed E-state index contributed by atoms with van der Waals surface area (Å²) in [6.07, 6.45) is 1.80. The standard InChI is InChI=1S/C21H18N2O5S/c1-13-2-6-15(7-3-13)23-19(25)12-17(21(23)28)29-16-8-4-14(5-9-16)22-18(24)10-11-20(26)27/h2-11,17H,12H2,1H3,(H,22,24)(H,26,27)/b11-10+/t17-/m0/s1. The summed E-state index contributed by atoms with van der Waals surface area (Å²) in [6.45, 7) is 1.94. The first-order valence-electron chi connectivity index (χ1n) is 8.75. The summed E-state index contributed by atoms with van der Waals surface area (Å²) in [5.41, 5.74) is 2.11. The number of carboxylic acid groups (broad SMARTS) is 1. The van der Waals surface area contributed by atoms with E-state index in [1.807, 2.05) is 19.1 Å². The second kappa shape index (κ2) is 8.74. The van der Waals surface area contributed by atoms with Crippen molar-refractivity contribution >= 4 is 46.8 Å². The maximum atomic E-state index is 12.7. The summed E-state index contributed by atoms with van der Waals surface area (Å²) in [6, 6.07) is 14.0. The molecule has 0 unspecified atom stereocenters. The summed E-state index contributed by atoms with van der Waals surface area (Å²) >= 11 is 1.29. The summed E-state index contributed by atoms with van der Waals surface area (Å²) < 4.78 is 0. The van der Waals surface area contributed by atoms with Gasteiger partial charge in [0.2, 0.25) is 17.7 Å². The Morgan fingerprint density at radius 1 is 1.07 bits per heavy atom. The molecule has 0 spiro atoms. The van der Waals surface area contributed by atoms with Crippen molar-refractivity contribution < 1.29 is 24.3 Å². The molecule has 1 aliphatic rings. The van der Waals surface area contributed by atoms with Crippen molar-refractivity contribution in [3.05, 3.63) is 66.2 Å². The molecule has 2 N–H and O–H groups in total. The number of hydrogen-bond donors (Lipinski definition) is 2. The molecule has 8 heteroatoms. The van der Waals surface area contributed by atoms with Crippen LogP contribution in [0.2, 0.25) is 0 Å². The monoisotopic (exact) mass is 410 g/mol. The molecule has 7 nitrogen and oxygen atoms in total. The van der Waals surface area contributed by atoms with Crippen LogP contribution in [0.1, 0.15) is 12.0 Å². The summed E-state index contributed by atoms with van der Waals surface area (Å²) in [5, 5.41) is 10.5. The van der Waals surface area contributed by atoms with Crippen LogP contribution in [0.5, 0.6) is 0 Å². The SMILES string of the molecule is Cc1ccc(N2C(=O)C[C@H](Sc3ccc(NC(=O)/C=C/C(=O)O)cc3)C2=O)cc1. The van der Waals surface area contributed by atoms with Gasteiger partial charge >= 0.3 is 5.97 Å². The van der Waals surface area contributed by atoms with E-state index in [0.717, 1.165) is 22.6 Å². The molecule has 1 saturated heterocycles. The number of carbonyl (C=O) groups excluding carboxylic acids is 3. The van der Waals surface area contributed by atoms with Gasteiger partial charge in [0, 0.05) is 29.2 Å². The summed E-state index contributed by atoms with van der Waals surface area (Å²) in [4.78, 5) is 49.1. The average molecular weight is 410 g/mol. The van der Waals surface area contributed by atoms with Crippen LogP contribution < -0.4 is 10.2 Å². The molecule has 0 saturated carbocycles. The minimum atomic E-state index is -1.21. The van der Waals surface area contributed by atoms with Gasteiger partial charge in [-0.3, -0.25) is 14.4 Å². The molecule has 3 amide bonds. The molecule has 29 heavy (non-hydrogen) atoms. The van der Waals surface area contributed by atoms with Crippen molar-refractivity contribution in [2.75, 3.05) is 10.2 Å². The number of carbonyl (C=O) groups is 4. The van der Waals surface area contributed by atoms with Crippen LogP contribution in [0.25, 0.3) is 0 Å². The number of hydrogen-bond acceptors (Lipinski definition) is 5. The van der Waals surface area contributed by atoms with E-state index in [4.69, 9.17) is 5.11 Å². The molecule has 0 aromatic heterocycles. The molecule has 2 aromatic carbocycles. The van der Waals surface area contributed by atoms with Crippen LogP contribution in [0.3, 0.4) is 0 Å². The molecule has 148 valence electrons. The first-order chi connectivity index (χ1) is 13.8. The highest BCUT2D eigenvalue weighted by Crippen LogP contribution is 2.34. The summed E-state index contributed by atoms with van der Waals surface area (Å²) in [5.74, 6) is -2.24. The van der Waals surface area contributed by atoms with Gasteiger partial charge in [-0.15, -0.1) is 11.8 Å². The minimum absolute atomic E-state index is 0.121. The third kappa shape index (κ3) is 5.11. The lowest BCUT2D eigenvalue weighted by atomic mass is 10.2. The Labute approximate surface area is 171 Å². The zero-order valence-electron chi connectivity index (χ0n) is 15.5. The van der Waals surface area contributed by atoms with E-state index in [1.165, 1.54) is 16.7 Å². The highest BCUT2D eigenvalue weighted by Gasteiger charge is 2.40. The highest BCUT2D eigenvalue weighted by atomic mass is 32.2. The zero-order chi connectivity index (χ0) is 21.0. The molecule has 3 rings (SSSR count). The Kier molecular flexibility index (Phi) is 6.13. The zero-order valence-corrected chi connectivity index (χ0v) is 16.3. The van der Waals surface area contributed by atoms with E-state index < -0.39 is 17.1 Å². The molecule has 1 heterocycles. The number of carboxylic acids is 1. The average Bonchev–Trinajstić information content (AvgIpc) is 2.96. The Hall–Kier alpha value is -3.39. The number of thioether (sulfide) groups is 1. The van der Waals surface area contributed by atoms with Gasteiger partial charge in [0.15, 0.2) is 0 Å². The van der Waals surface area contributed by atoms with Crippen molar-refractivity contribution in [2.45, 2.75) is 23.5 Å². The van der Waals surface area contributed by atoms with Gasteiger partial charge in [0.1, 0.15) is 0 Å². The molecule has 0 radical (unpaired) electrons. The molecule has 0 aliphatic carbocycles. The van der Waals surface area contributed by atoms with Crippen LogP contribution in [-0.4, -0.2) is 34.0 Å². The molecular weight excluding hydrogens is 392 g/mol. The topological polar surface area (TPSA) is 104 Å². The molecular formula is C21H18N2O5S. The van der Waals surface area contributed by atoms with Crippen LogP contribution in [0, 0.1) is 6.92 Å². The summed E-state index contributed by atoms with van der Waals surface area (Å²) in [7, 11) is 0. The van der Waals surface area contributed by atoms with E-state index in [2.05, 4.69) is 5.32 Å². The van der Waals surface area contributed by atoms with Gasteiger partial charge in [-0.25, -0.2) is 9.69 Å². The van der Waals surface area contributed by atoms with Gasteiger partial charge in [0.25, 0.3) is 0 Å². The fraction of sp³-hybridized carbons (Fsp3) is 0.143. The number of anilines is 2. The molecule has 0 bridgehead atoms. The Balaban J connectivity index is 1.64. The normalized spacial score (nSPS) is 16.4. The van der Waals surface area contributed by atoms with Crippen LogP contribution >= 0.6 is 11.8 Å². The quantitative estimate of drug-likeness (QED) is 0.560. The van der Waals surface area contributed by atoms with Gasteiger partial charge in [-0.1, -0.05) is 17.7 Å². The Bertz CT molecular complexity index is 983. The molecule has 1 atom stereocenters. The maximum Gasteiger partial charge on any atom is 0.328 e. The largest absolute Gasteiger partial charge is 0.478 e. The predicted molar refractivity (Wildman–Crippen MR) is 110 cm³/mol. The van der Waals surface area contributed by atoms with Crippen molar-refractivity contribution in [2.24, 2.45) is 0 Å². The van der Waals surface area contributed by atoms with Gasteiger partial charge in [-0.2, -0.15) is 0 Å². The number of nitrogens with zero attached hydrogens (tertiary/aromatic N) is 1. The number of rotatable bonds is 6. The fourth-order valence-electron chi connectivity index (χ4n) is 2.77. The molecule has 1 fully saturated rings. The third-order valence-corrected chi connectivity index (χ3v) is 5.37. The number of aryl methyl sites for hydroxylation is 1. The van der Waals surface area contributed by atoms with E-state index in [9.17, 15) is 19.2 Å². The highest BCUT2D eigenvalue weighted by molar-refractivity contribution is 8.00. The number of aliphatic carboxylic acids is 1. The molecule has 2 aromatic rings. The van der Waals surface area contributed by atoms with E-state index in [0.29, 0.717) is 11.4 Å². The van der Waals surface area contributed by atoms with Gasteiger partial charge < -0.3 is 10.4 Å². The first-order valence-corrected chi connectivity index (χ1v) is 9.63. The van der Waals surface area contributed by atoms with Crippen LogP contribution in [0.15, 0.2) is 65.6 Å². The van der Waals surface area contributed by atoms with E-state index in [-0.39, 0.29) is 18.2 Å². The van der Waals surface area contributed by atoms with Gasteiger partial charge in [-0.05, 0) is 43.3 Å². The number of amides is 3. The lowest BCUT2D eigenvalue weighted by molar-refractivity contribution is -0.131. The Morgan fingerprint density at radius 2 is 1.72 bits per heavy atom. The number of benzene rings is 2. The lowest BCUT2D eigenvalue weighted by Gasteiger charge is -2.15. The maximum absolute atomic E-state index is 12.7. The van der Waals surface area contributed by atoms with Gasteiger partial charge in [0.05, 0.1) is 10.9 Å². The Morgan fingerprint density at radius 3 is 2.34 bits per heavy atom. The number of nitrogens with one attached hydrogen (secondary N) is 1. The number of imide groups is 1. The van der Waals surface area contributed by atoms with Crippen molar-refractivity contribution in [3.8, 4) is 0 Å². The lowest BCUT2D eigenvalue weighted by Crippen LogP contribution is -2.31. The van der Waals surface area contributed by atoms with Crippen LogP contribution in [0.4, 0.5) is 11.4 Å². The van der Waals surface area contributed by atoms with Crippen molar-refractivity contribution in [1.29, 1.82) is 0 Å². The predicted octanol–water partition coefficient (Wildman–Crippen LogP) is 3.00. The first kappa shape index (κ1) is 20.3. The van der Waals surface area contributed by atoms with E-state index >= 15 is 0 Å². The van der Waals surface area contributed by atoms with Crippen LogP contribution in [-0.2, 0) is 19.2 Å². The molecule has 1 aliphatic heterocycles. The smallest absolute Gasteiger partial charge is 0.328 e. The van der Waals surface area contributed by atoms with E-state index in [1.54, 1.807) is 36.4 Å². The third-order valence-electron chi connectivity index (χ3n) is 4.17. The second-order valence-electron chi connectivity index (χ2n) is 6.40. The van der Waals surface area contributed by atoms with Crippen molar-refractivity contribution in [3.63, 3.8) is 0 Å². The van der Waals surface area contributed by atoms with Crippen molar-refractivity contribution in [1.82, 2.24) is 0 Å². The second-order valence-corrected chi connectivity index (χ2v) is 7.67. The fourth-order valence-corrected chi connectivity index (χ4v) is 3.83. The minimum Gasteiger partial charge on any atom is -0.478 e.